The van der Waals surface area contributed by atoms with Gasteiger partial charge in [0, 0.05) is 19.0 Å². The van der Waals surface area contributed by atoms with E-state index in [4.69, 9.17) is 9.47 Å². The van der Waals surface area contributed by atoms with Gasteiger partial charge in [0.25, 0.3) is 17.7 Å². The molecule has 1 saturated carbocycles. The highest BCUT2D eigenvalue weighted by molar-refractivity contribution is 6.22. The third kappa shape index (κ3) is 5.52. The number of hydrogen-bond acceptors (Lipinski definition) is 7. The lowest BCUT2D eigenvalue weighted by atomic mass is 9.94. The zero-order chi connectivity index (χ0) is 23.1. The molecule has 9 heteroatoms. The van der Waals surface area contributed by atoms with Crippen LogP contribution in [-0.2, 0) is 19.1 Å². The number of imide groups is 1. The fourth-order valence-electron chi connectivity index (χ4n) is 4.02. The normalized spacial score (nSPS) is 16.0. The Morgan fingerprint density at radius 2 is 1.75 bits per heavy atom. The van der Waals surface area contributed by atoms with E-state index in [0.717, 1.165) is 32.1 Å². The van der Waals surface area contributed by atoms with Crippen LogP contribution < -0.4 is 5.32 Å². The SMILES string of the molecule is CCOC(=O)CCCNC(=O)COC(=O)c1ccc2c(c1)C(=O)N(C1CCCCC1)C2=O. The minimum Gasteiger partial charge on any atom is -0.466 e. The van der Waals surface area contributed by atoms with E-state index >= 15 is 0 Å². The number of amides is 3. The molecule has 0 aromatic heterocycles. The monoisotopic (exact) mass is 444 g/mol. The van der Waals surface area contributed by atoms with Crippen LogP contribution in [0.2, 0.25) is 0 Å². The highest BCUT2D eigenvalue weighted by atomic mass is 16.5. The molecule has 3 rings (SSSR count). The number of esters is 2. The molecule has 0 spiro atoms. The molecular formula is C23H28N2O7. The van der Waals surface area contributed by atoms with Crippen LogP contribution in [0.15, 0.2) is 18.2 Å². The minimum atomic E-state index is -0.758. The number of nitrogens with one attached hydrogen (secondary N) is 1. The summed E-state index contributed by atoms with van der Waals surface area (Å²) in [5, 5.41) is 2.55. The molecule has 1 aliphatic carbocycles. The molecule has 1 aromatic carbocycles. The van der Waals surface area contributed by atoms with E-state index in [1.807, 2.05) is 0 Å². The summed E-state index contributed by atoms with van der Waals surface area (Å²) in [5.41, 5.74) is 0.584. The van der Waals surface area contributed by atoms with Crippen molar-refractivity contribution in [1.29, 1.82) is 0 Å². The van der Waals surface area contributed by atoms with Gasteiger partial charge in [-0.15, -0.1) is 0 Å². The van der Waals surface area contributed by atoms with Crippen molar-refractivity contribution in [2.24, 2.45) is 0 Å². The van der Waals surface area contributed by atoms with E-state index in [9.17, 15) is 24.0 Å². The van der Waals surface area contributed by atoms with Crippen molar-refractivity contribution in [2.45, 2.75) is 57.9 Å². The molecule has 1 aromatic rings. The summed E-state index contributed by atoms with van der Waals surface area (Å²) < 4.78 is 9.81. The topological polar surface area (TPSA) is 119 Å². The number of rotatable bonds is 9. The molecule has 0 atom stereocenters. The first kappa shape index (κ1) is 23.4. The fraction of sp³-hybridized carbons (Fsp3) is 0.522. The largest absolute Gasteiger partial charge is 0.466 e. The second kappa shape index (κ2) is 10.9. The molecule has 2 aliphatic rings. The van der Waals surface area contributed by atoms with Crippen molar-refractivity contribution < 1.29 is 33.4 Å². The second-order valence-electron chi connectivity index (χ2n) is 7.87. The lowest BCUT2D eigenvalue weighted by Gasteiger charge is -2.29. The Bertz CT molecular complexity index is 906. The standard InChI is InChI=1S/C23H28N2O7/c1-2-31-20(27)9-6-12-24-19(26)14-32-23(30)15-10-11-17-18(13-15)22(29)25(21(17)28)16-7-4-3-5-8-16/h10-11,13,16H,2-9,12,14H2,1H3,(H,24,26). The van der Waals surface area contributed by atoms with Crippen LogP contribution >= 0.6 is 0 Å². The maximum absolute atomic E-state index is 12.8. The van der Waals surface area contributed by atoms with Crippen LogP contribution in [0.4, 0.5) is 0 Å². The highest BCUT2D eigenvalue weighted by Gasteiger charge is 2.40. The molecule has 1 N–H and O–H groups in total. The fourth-order valence-corrected chi connectivity index (χ4v) is 4.02. The van der Waals surface area contributed by atoms with E-state index in [-0.39, 0.29) is 53.5 Å². The molecule has 3 amide bonds. The van der Waals surface area contributed by atoms with Gasteiger partial charge in [0.15, 0.2) is 6.61 Å². The number of hydrogen-bond donors (Lipinski definition) is 1. The zero-order valence-electron chi connectivity index (χ0n) is 18.2. The van der Waals surface area contributed by atoms with Crippen LogP contribution in [0, 0.1) is 0 Å². The van der Waals surface area contributed by atoms with Crippen LogP contribution in [0.25, 0.3) is 0 Å². The molecule has 1 heterocycles. The summed E-state index contributed by atoms with van der Waals surface area (Å²) >= 11 is 0. The molecule has 32 heavy (non-hydrogen) atoms. The number of carbonyl (C=O) groups excluding carboxylic acids is 5. The van der Waals surface area contributed by atoms with E-state index in [2.05, 4.69) is 5.32 Å². The summed E-state index contributed by atoms with van der Waals surface area (Å²) in [6.45, 7) is 1.79. The molecule has 0 unspecified atom stereocenters. The molecule has 0 saturated heterocycles. The van der Waals surface area contributed by atoms with E-state index in [1.54, 1.807) is 6.92 Å². The summed E-state index contributed by atoms with van der Waals surface area (Å²) in [7, 11) is 0. The predicted molar refractivity (Wildman–Crippen MR) is 113 cm³/mol. The molecule has 1 fully saturated rings. The third-order valence-corrected chi connectivity index (χ3v) is 5.61. The quantitative estimate of drug-likeness (QED) is 0.352. The maximum Gasteiger partial charge on any atom is 0.338 e. The van der Waals surface area contributed by atoms with Crippen LogP contribution in [0.1, 0.15) is 82.9 Å². The molecule has 9 nitrogen and oxygen atoms in total. The van der Waals surface area contributed by atoms with Crippen molar-refractivity contribution in [3.8, 4) is 0 Å². The summed E-state index contributed by atoms with van der Waals surface area (Å²) in [6.07, 6.45) is 5.28. The van der Waals surface area contributed by atoms with Gasteiger partial charge < -0.3 is 14.8 Å². The Hall–Kier alpha value is -3.23. The van der Waals surface area contributed by atoms with Crippen molar-refractivity contribution in [1.82, 2.24) is 10.2 Å². The van der Waals surface area contributed by atoms with Gasteiger partial charge in [-0.25, -0.2) is 4.79 Å². The van der Waals surface area contributed by atoms with E-state index < -0.39 is 18.5 Å². The van der Waals surface area contributed by atoms with Gasteiger partial charge in [0.1, 0.15) is 0 Å². The molecular weight excluding hydrogens is 416 g/mol. The van der Waals surface area contributed by atoms with Crippen LogP contribution in [0.3, 0.4) is 0 Å². The van der Waals surface area contributed by atoms with Crippen molar-refractivity contribution in [2.75, 3.05) is 19.8 Å². The summed E-state index contributed by atoms with van der Waals surface area (Å²) in [6, 6.07) is 4.15. The number of carbonyl (C=O) groups is 5. The van der Waals surface area contributed by atoms with Gasteiger partial charge in [-0.2, -0.15) is 0 Å². The van der Waals surface area contributed by atoms with E-state index in [1.165, 1.54) is 23.1 Å². The van der Waals surface area contributed by atoms with Crippen molar-refractivity contribution >= 4 is 29.7 Å². The average molecular weight is 444 g/mol. The predicted octanol–water partition coefficient (Wildman–Crippen LogP) is 2.23. The third-order valence-electron chi connectivity index (χ3n) is 5.61. The van der Waals surface area contributed by atoms with Crippen LogP contribution in [0.5, 0.6) is 0 Å². The first-order valence-corrected chi connectivity index (χ1v) is 11.0. The first-order valence-electron chi connectivity index (χ1n) is 11.0. The first-order chi connectivity index (χ1) is 15.4. The summed E-state index contributed by atoms with van der Waals surface area (Å²) in [4.78, 5) is 62.3. The number of benzene rings is 1. The van der Waals surface area contributed by atoms with Gasteiger partial charge in [-0.1, -0.05) is 19.3 Å². The summed E-state index contributed by atoms with van der Waals surface area (Å²) in [5.74, 6) is -2.30. The minimum absolute atomic E-state index is 0.0981. The smallest absolute Gasteiger partial charge is 0.338 e. The van der Waals surface area contributed by atoms with Gasteiger partial charge in [-0.05, 0) is 44.4 Å². The van der Waals surface area contributed by atoms with Gasteiger partial charge in [0.05, 0.1) is 23.3 Å². The number of fused-ring (bicyclic) bond motifs is 1. The van der Waals surface area contributed by atoms with E-state index in [0.29, 0.717) is 13.0 Å². The number of nitrogens with zero attached hydrogens (tertiary/aromatic N) is 1. The van der Waals surface area contributed by atoms with Crippen LogP contribution in [-0.4, -0.2) is 60.4 Å². The van der Waals surface area contributed by atoms with Gasteiger partial charge in [-0.3, -0.25) is 24.1 Å². The molecule has 172 valence electrons. The lowest BCUT2D eigenvalue weighted by Crippen LogP contribution is -2.40. The number of ether oxygens (including phenoxy) is 2. The second-order valence-corrected chi connectivity index (χ2v) is 7.87. The Labute approximate surface area is 186 Å². The molecule has 0 radical (unpaired) electrons. The van der Waals surface area contributed by atoms with Crippen molar-refractivity contribution in [3.05, 3.63) is 34.9 Å². The zero-order valence-corrected chi connectivity index (χ0v) is 18.2. The Morgan fingerprint density at radius 3 is 2.47 bits per heavy atom. The average Bonchev–Trinajstić information content (AvgIpc) is 3.05. The Morgan fingerprint density at radius 1 is 1.03 bits per heavy atom. The van der Waals surface area contributed by atoms with Gasteiger partial charge >= 0.3 is 11.9 Å². The van der Waals surface area contributed by atoms with Crippen molar-refractivity contribution in [3.63, 3.8) is 0 Å². The Balaban J connectivity index is 1.51. The molecule has 1 aliphatic heterocycles. The van der Waals surface area contributed by atoms with Gasteiger partial charge in [0.2, 0.25) is 0 Å². The lowest BCUT2D eigenvalue weighted by molar-refractivity contribution is -0.143. The maximum atomic E-state index is 12.8. The Kier molecular flexibility index (Phi) is 7.97. The highest BCUT2D eigenvalue weighted by Crippen LogP contribution is 2.31. The molecule has 0 bridgehead atoms.